The van der Waals surface area contributed by atoms with Gasteiger partial charge in [-0.05, 0) is 60.6 Å². The maximum atomic E-state index is 14.8. The number of ether oxygens (including phenoxy) is 2. The SMILES string of the molecule is O=C(NS(=O)(=O)N1CCC1)c1cc(C2CC2)c(COc2cc(Cl)cc(OC(F)(F)F)c2)cc1F. The molecule has 0 atom stereocenters. The molecular weight excluding hydrogens is 504 g/mol. The van der Waals surface area contributed by atoms with Crippen molar-refractivity contribution in [3.05, 3.63) is 57.9 Å². The molecule has 1 aliphatic heterocycles. The first-order chi connectivity index (χ1) is 15.9. The highest BCUT2D eigenvalue weighted by atomic mass is 35.5. The summed E-state index contributed by atoms with van der Waals surface area (Å²) in [5.74, 6) is -2.61. The summed E-state index contributed by atoms with van der Waals surface area (Å²) in [5.41, 5.74) is 0.556. The lowest BCUT2D eigenvalue weighted by Gasteiger charge is -2.29. The highest BCUT2D eigenvalue weighted by Gasteiger charge is 2.33. The molecular formula is C21H19ClF4N2O5S. The molecule has 2 aromatic rings. The second kappa shape index (κ2) is 9.23. The summed E-state index contributed by atoms with van der Waals surface area (Å²) in [6.45, 7) is 0.352. The third kappa shape index (κ3) is 5.91. The summed E-state index contributed by atoms with van der Waals surface area (Å²) >= 11 is 5.84. The topological polar surface area (TPSA) is 84.9 Å². The van der Waals surface area contributed by atoms with Crippen molar-refractivity contribution in [2.24, 2.45) is 0 Å². The van der Waals surface area contributed by atoms with Crippen molar-refractivity contribution in [3.63, 3.8) is 0 Å². The highest BCUT2D eigenvalue weighted by Crippen LogP contribution is 2.43. The quantitative estimate of drug-likeness (QED) is 0.516. The Bertz CT molecular complexity index is 1210. The third-order valence-electron chi connectivity index (χ3n) is 5.34. The molecule has 0 aromatic heterocycles. The van der Waals surface area contributed by atoms with Gasteiger partial charge >= 0.3 is 16.6 Å². The Morgan fingerprint density at radius 3 is 2.38 bits per heavy atom. The van der Waals surface area contributed by atoms with E-state index in [1.807, 2.05) is 4.72 Å². The number of halogens is 5. The van der Waals surface area contributed by atoms with Crippen molar-refractivity contribution < 1.29 is 40.2 Å². The predicted octanol–water partition coefficient (Wildman–Crippen LogP) is 4.51. The van der Waals surface area contributed by atoms with Gasteiger partial charge in [-0.2, -0.15) is 12.7 Å². The minimum Gasteiger partial charge on any atom is -0.489 e. The molecule has 1 aliphatic carbocycles. The predicted molar refractivity (Wildman–Crippen MR) is 113 cm³/mol. The van der Waals surface area contributed by atoms with E-state index in [0.29, 0.717) is 17.5 Å². The first-order valence-corrected chi connectivity index (χ1v) is 12.1. The first kappa shape index (κ1) is 24.6. The van der Waals surface area contributed by atoms with Gasteiger partial charge in [-0.3, -0.25) is 4.79 Å². The van der Waals surface area contributed by atoms with Crippen LogP contribution in [0.2, 0.25) is 5.02 Å². The van der Waals surface area contributed by atoms with Crippen LogP contribution in [0, 0.1) is 5.82 Å². The molecule has 0 radical (unpaired) electrons. The molecule has 2 fully saturated rings. The van der Waals surface area contributed by atoms with E-state index in [9.17, 15) is 30.8 Å². The molecule has 13 heteroatoms. The van der Waals surface area contributed by atoms with Crippen LogP contribution in [0.3, 0.4) is 0 Å². The summed E-state index contributed by atoms with van der Waals surface area (Å²) in [4.78, 5) is 12.5. The van der Waals surface area contributed by atoms with Gasteiger partial charge < -0.3 is 9.47 Å². The number of rotatable bonds is 8. The Kier molecular flexibility index (Phi) is 6.67. The van der Waals surface area contributed by atoms with Crippen LogP contribution in [0.15, 0.2) is 30.3 Å². The van der Waals surface area contributed by atoms with Gasteiger partial charge in [-0.15, -0.1) is 13.2 Å². The second-order valence-corrected chi connectivity index (χ2v) is 10.1. The molecule has 1 heterocycles. The fourth-order valence-corrected chi connectivity index (χ4v) is 4.87. The molecule has 0 bridgehead atoms. The van der Waals surface area contributed by atoms with E-state index in [1.165, 1.54) is 12.1 Å². The van der Waals surface area contributed by atoms with Gasteiger partial charge in [0.15, 0.2) is 0 Å². The Morgan fingerprint density at radius 2 is 1.79 bits per heavy atom. The van der Waals surface area contributed by atoms with Crippen LogP contribution in [0.5, 0.6) is 11.5 Å². The Hall–Kier alpha value is -2.57. The van der Waals surface area contributed by atoms with E-state index in [1.54, 1.807) is 0 Å². The summed E-state index contributed by atoms with van der Waals surface area (Å²) in [7, 11) is -4.04. The number of hydrogen-bond acceptors (Lipinski definition) is 5. The number of amides is 1. The van der Waals surface area contributed by atoms with Gasteiger partial charge in [0.1, 0.15) is 23.9 Å². The normalized spacial score (nSPS) is 16.6. The Morgan fingerprint density at radius 1 is 1.12 bits per heavy atom. The number of hydrogen-bond donors (Lipinski definition) is 1. The summed E-state index contributed by atoms with van der Waals surface area (Å²) in [5, 5.41) is -0.0548. The molecule has 1 amide bonds. The van der Waals surface area contributed by atoms with Crippen LogP contribution in [-0.2, 0) is 16.8 Å². The maximum absolute atomic E-state index is 14.8. The number of nitrogens with zero attached hydrogens (tertiary/aromatic N) is 1. The summed E-state index contributed by atoms with van der Waals surface area (Å²) < 4.78 is 89.0. The van der Waals surface area contributed by atoms with Crippen molar-refractivity contribution in [2.75, 3.05) is 13.1 Å². The zero-order chi connectivity index (χ0) is 24.7. The van der Waals surface area contributed by atoms with E-state index in [4.69, 9.17) is 16.3 Å². The van der Waals surface area contributed by atoms with Crippen molar-refractivity contribution in [2.45, 2.75) is 38.1 Å². The lowest BCUT2D eigenvalue weighted by molar-refractivity contribution is -0.274. The average molecular weight is 523 g/mol. The fraction of sp³-hybridized carbons (Fsp3) is 0.381. The third-order valence-corrected chi connectivity index (χ3v) is 7.05. The smallest absolute Gasteiger partial charge is 0.489 e. The van der Waals surface area contributed by atoms with Gasteiger partial charge in [0.05, 0.1) is 5.56 Å². The molecule has 4 rings (SSSR count). The standard InChI is InChI=1S/C21H19ClF4N2O5S/c22-14-7-15(9-16(8-14)33-21(24,25)26)32-11-13-6-19(23)18(10-17(13)12-2-3-12)20(29)27-34(30,31)28-4-1-5-28/h6-10,12H,1-5,11H2,(H,27,29). The molecule has 184 valence electrons. The first-order valence-electron chi connectivity index (χ1n) is 10.2. The zero-order valence-electron chi connectivity index (χ0n) is 17.5. The van der Waals surface area contributed by atoms with Crippen molar-refractivity contribution in [3.8, 4) is 11.5 Å². The van der Waals surface area contributed by atoms with E-state index < -0.39 is 39.6 Å². The second-order valence-electron chi connectivity index (χ2n) is 7.95. The summed E-state index contributed by atoms with van der Waals surface area (Å²) in [6.07, 6.45) is -2.66. The van der Waals surface area contributed by atoms with Crippen LogP contribution < -0.4 is 14.2 Å². The highest BCUT2D eigenvalue weighted by molar-refractivity contribution is 7.87. The molecule has 1 N–H and O–H groups in total. The lowest BCUT2D eigenvalue weighted by atomic mass is 9.99. The lowest BCUT2D eigenvalue weighted by Crippen LogP contribution is -2.49. The molecule has 2 aliphatic rings. The van der Waals surface area contributed by atoms with E-state index in [2.05, 4.69) is 4.74 Å². The molecule has 1 saturated heterocycles. The monoisotopic (exact) mass is 522 g/mol. The van der Waals surface area contributed by atoms with Crippen LogP contribution in [-0.4, -0.2) is 38.1 Å². The largest absolute Gasteiger partial charge is 0.573 e. The number of nitrogens with one attached hydrogen (secondary N) is 1. The number of benzene rings is 2. The van der Waals surface area contributed by atoms with Gasteiger partial charge in [-0.25, -0.2) is 9.11 Å². The number of carbonyl (C=O) groups is 1. The molecule has 2 aromatic carbocycles. The fourth-order valence-electron chi connectivity index (χ4n) is 3.44. The van der Waals surface area contributed by atoms with Gasteiger partial charge in [0.2, 0.25) is 0 Å². The van der Waals surface area contributed by atoms with Gasteiger partial charge in [0.25, 0.3) is 5.91 Å². The molecule has 7 nitrogen and oxygen atoms in total. The van der Waals surface area contributed by atoms with E-state index in [-0.39, 0.29) is 36.4 Å². The number of carbonyl (C=O) groups excluding carboxylic acids is 1. The van der Waals surface area contributed by atoms with Crippen LogP contribution >= 0.6 is 11.6 Å². The van der Waals surface area contributed by atoms with Crippen LogP contribution in [0.25, 0.3) is 0 Å². The number of alkyl halides is 3. The molecule has 1 saturated carbocycles. The van der Waals surface area contributed by atoms with Crippen molar-refractivity contribution in [1.29, 1.82) is 0 Å². The van der Waals surface area contributed by atoms with E-state index >= 15 is 0 Å². The average Bonchev–Trinajstić information content (AvgIpc) is 3.47. The zero-order valence-corrected chi connectivity index (χ0v) is 19.1. The Labute approximate surface area is 197 Å². The molecule has 34 heavy (non-hydrogen) atoms. The maximum Gasteiger partial charge on any atom is 0.573 e. The Balaban J connectivity index is 1.53. The van der Waals surface area contributed by atoms with Gasteiger partial charge in [0, 0.05) is 24.2 Å². The minimum atomic E-state index is -4.91. The molecule has 0 unspecified atom stereocenters. The van der Waals surface area contributed by atoms with Crippen molar-refractivity contribution in [1.82, 2.24) is 9.03 Å². The summed E-state index contributed by atoms with van der Waals surface area (Å²) in [6, 6.07) is 5.60. The minimum absolute atomic E-state index is 0.0289. The van der Waals surface area contributed by atoms with Crippen molar-refractivity contribution >= 4 is 27.7 Å². The van der Waals surface area contributed by atoms with E-state index in [0.717, 1.165) is 35.3 Å². The van der Waals surface area contributed by atoms with Gasteiger partial charge in [-0.1, -0.05) is 11.6 Å². The molecule has 0 spiro atoms. The van der Waals surface area contributed by atoms with Crippen LogP contribution in [0.4, 0.5) is 17.6 Å². The van der Waals surface area contributed by atoms with Crippen LogP contribution in [0.1, 0.15) is 46.7 Å².